The summed E-state index contributed by atoms with van der Waals surface area (Å²) in [5.74, 6) is -2.58. The number of carbonyl (C=O) groups excluding carboxylic acids is 3. The van der Waals surface area contributed by atoms with Crippen LogP contribution in [0.3, 0.4) is 0 Å². The normalized spacial score (nSPS) is 11.0. The van der Waals surface area contributed by atoms with Gasteiger partial charge in [0.2, 0.25) is 17.7 Å². The molecule has 2 aromatic heterocycles. The summed E-state index contributed by atoms with van der Waals surface area (Å²) in [6, 6.07) is 19.4. The number of unbranched alkanes of at least 4 members (excludes halogenated alkanes) is 6. The molecule has 3 N–H and O–H groups in total. The highest BCUT2D eigenvalue weighted by Gasteiger charge is 2.32. The number of aromatic hydroxyl groups is 2. The molecule has 0 spiro atoms. The zero-order chi connectivity index (χ0) is 38.5. The zero-order valence-electron chi connectivity index (χ0n) is 30.8. The topological polar surface area (TPSA) is 167 Å². The molecule has 3 aromatic carbocycles. The molecule has 11 heteroatoms. The van der Waals surface area contributed by atoms with Crippen molar-refractivity contribution in [3.63, 3.8) is 0 Å². The lowest BCUT2D eigenvalue weighted by Crippen LogP contribution is -2.35. The SMILES string of the molecule is CC.CCC(=O)N(CCCCCCCCCC(=O)Nc1ccc(C(c2c(O)c3ccccc3oc2=O)c2c(O)c3ccccc3oc2=O)cc1)C(C)=O. The molecule has 3 amide bonds. The van der Waals surface area contributed by atoms with Crippen molar-refractivity contribution < 1.29 is 33.4 Å². The zero-order valence-corrected chi connectivity index (χ0v) is 30.8. The van der Waals surface area contributed by atoms with Crippen LogP contribution in [0.15, 0.2) is 91.2 Å². The van der Waals surface area contributed by atoms with Gasteiger partial charge in [-0.1, -0.05) is 89.3 Å². The Morgan fingerprint density at radius 2 is 1.17 bits per heavy atom. The molecular formula is C42H48N2O9. The van der Waals surface area contributed by atoms with E-state index in [1.165, 1.54) is 11.8 Å². The largest absolute Gasteiger partial charge is 0.507 e. The van der Waals surface area contributed by atoms with Gasteiger partial charge in [-0.05, 0) is 54.8 Å². The number of imide groups is 1. The van der Waals surface area contributed by atoms with Gasteiger partial charge in [0.1, 0.15) is 22.7 Å². The summed E-state index contributed by atoms with van der Waals surface area (Å²) in [5, 5.41) is 26.1. The molecule has 5 aromatic rings. The van der Waals surface area contributed by atoms with E-state index in [4.69, 9.17) is 8.83 Å². The third-order valence-corrected chi connectivity index (χ3v) is 9.01. The minimum atomic E-state index is -1.27. The second-order valence-electron chi connectivity index (χ2n) is 12.5. The first-order chi connectivity index (χ1) is 25.6. The van der Waals surface area contributed by atoms with Crippen LogP contribution in [0.1, 0.15) is 108 Å². The van der Waals surface area contributed by atoms with E-state index in [1.54, 1.807) is 79.7 Å². The van der Waals surface area contributed by atoms with Crippen molar-refractivity contribution in [3.8, 4) is 11.5 Å². The third-order valence-electron chi connectivity index (χ3n) is 9.01. The number of anilines is 1. The van der Waals surface area contributed by atoms with Crippen molar-refractivity contribution >= 4 is 45.3 Å². The molecule has 0 aliphatic heterocycles. The second kappa shape index (κ2) is 19.2. The molecule has 0 bridgehead atoms. The van der Waals surface area contributed by atoms with Crippen LogP contribution in [-0.2, 0) is 14.4 Å². The molecular weight excluding hydrogens is 676 g/mol. The fraction of sp³-hybridized carbons (Fsp3) is 0.357. The molecule has 5 rings (SSSR count). The first-order valence-electron chi connectivity index (χ1n) is 18.3. The maximum Gasteiger partial charge on any atom is 0.344 e. The number of para-hydroxylation sites is 2. The Bertz CT molecular complexity index is 2050. The Morgan fingerprint density at radius 3 is 1.66 bits per heavy atom. The fourth-order valence-corrected chi connectivity index (χ4v) is 6.35. The number of amides is 3. The highest BCUT2D eigenvalue weighted by molar-refractivity contribution is 5.94. The predicted molar refractivity (Wildman–Crippen MR) is 205 cm³/mol. The van der Waals surface area contributed by atoms with Crippen molar-refractivity contribution in [3.05, 3.63) is 110 Å². The van der Waals surface area contributed by atoms with Crippen LogP contribution in [0.2, 0.25) is 0 Å². The van der Waals surface area contributed by atoms with Crippen molar-refractivity contribution in [1.82, 2.24) is 4.90 Å². The average molecular weight is 725 g/mol. The molecule has 0 unspecified atom stereocenters. The number of rotatable bonds is 15. The van der Waals surface area contributed by atoms with E-state index in [-0.39, 0.29) is 62.3 Å². The van der Waals surface area contributed by atoms with Crippen LogP contribution in [-0.4, -0.2) is 39.4 Å². The summed E-state index contributed by atoms with van der Waals surface area (Å²) in [7, 11) is 0. The van der Waals surface area contributed by atoms with Gasteiger partial charge in [0.15, 0.2) is 0 Å². The minimum absolute atomic E-state index is 0.146. The lowest BCUT2D eigenvalue weighted by molar-refractivity contribution is -0.143. The first kappa shape index (κ1) is 40.1. The number of carbonyl (C=O) groups is 3. The molecule has 280 valence electrons. The summed E-state index contributed by atoms with van der Waals surface area (Å²) in [4.78, 5) is 64.4. The van der Waals surface area contributed by atoms with Crippen molar-refractivity contribution in [2.45, 2.75) is 91.4 Å². The second-order valence-corrected chi connectivity index (χ2v) is 12.5. The van der Waals surface area contributed by atoms with Gasteiger partial charge >= 0.3 is 11.3 Å². The lowest BCUT2D eigenvalue weighted by atomic mass is 9.84. The highest BCUT2D eigenvalue weighted by Crippen LogP contribution is 2.42. The Balaban J connectivity index is 0.00000308. The van der Waals surface area contributed by atoms with Crippen LogP contribution >= 0.6 is 0 Å². The Labute approximate surface area is 308 Å². The summed E-state index contributed by atoms with van der Waals surface area (Å²) < 4.78 is 11.1. The van der Waals surface area contributed by atoms with Crippen LogP contribution < -0.4 is 16.6 Å². The average Bonchev–Trinajstić information content (AvgIpc) is 3.15. The molecule has 11 nitrogen and oxygen atoms in total. The van der Waals surface area contributed by atoms with Gasteiger partial charge in [-0.25, -0.2) is 9.59 Å². The molecule has 0 atom stereocenters. The van der Waals surface area contributed by atoms with Gasteiger partial charge in [-0.2, -0.15) is 0 Å². The fourth-order valence-electron chi connectivity index (χ4n) is 6.35. The summed E-state index contributed by atoms with van der Waals surface area (Å²) in [6.45, 7) is 7.61. The van der Waals surface area contributed by atoms with Crippen LogP contribution in [0.4, 0.5) is 5.69 Å². The number of benzene rings is 3. The van der Waals surface area contributed by atoms with Crippen LogP contribution in [0.25, 0.3) is 21.9 Å². The quantitative estimate of drug-likeness (QED) is 0.0710. The number of nitrogens with zero attached hydrogens (tertiary/aromatic N) is 1. The summed E-state index contributed by atoms with van der Waals surface area (Å²) in [5.41, 5.74) is -1.07. The van der Waals surface area contributed by atoms with Gasteiger partial charge in [0, 0.05) is 32.0 Å². The maximum absolute atomic E-state index is 13.4. The molecule has 53 heavy (non-hydrogen) atoms. The Hall–Kier alpha value is -5.71. The van der Waals surface area contributed by atoms with E-state index < -0.39 is 17.2 Å². The third kappa shape index (κ3) is 9.79. The number of nitrogens with one attached hydrogen (secondary N) is 1. The number of fused-ring (bicyclic) bond motifs is 2. The van der Waals surface area contributed by atoms with Gasteiger partial charge in [0.05, 0.1) is 27.8 Å². The summed E-state index contributed by atoms with van der Waals surface area (Å²) in [6.07, 6.45) is 6.91. The van der Waals surface area contributed by atoms with Crippen molar-refractivity contribution in [2.24, 2.45) is 0 Å². The molecule has 2 heterocycles. The Morgan fingerprint density at radius 1 is 0.698 bits per heavy atom. The van der Waals surface area contributed by atoms with Gasteiger partial charge in [0.25, 0.3) is 0 Å². The first-order valence-corrected chi connectivity index (χ1v) is 18.3. The van der Waals surface area contributed by atoms with Crippen LogP contribution in [0, 0.1) is 0 Å². The number of hydrogen-bond acceptors (Lipinski definition) is 9. The van der Waals surface area contributed by atoms with E-state index in [2.05, 4.69) is 5.32 Å². The lowest BCUT2D eigenvalue weighted by Gasteiger charge is -2.20. The van der Waals surface area contributed by atoms with E-state index in [0.29, 0.717) is 37.1 Å². The van der Waals surface area contributed by atoms with E-state index in [1.807, 2.05) is 13.8 Å². The maximum atomic E-state index is 13.4. The molecule has 0 saturated carbocycles. The molecule has 0 radical (unpaired) electrons. The molecule has 0 aliphatic rings. The molecule has 0 saturated heterocycles. The monoisotopic (exact) mass is 724 g/mol. The van der Waals surface area contributed by atoms with E-state index in [9.17, 15) is 34.2 Å². The van der Waals surface area contributed by atoms with Crippen molar-refractivity contribution in [2.75, 3.05) is 11.9 Å². The minimum Gasteiger partial charge on any atom is -0.507 e. The number of hydrogen-bond donors (Lipinski definition) is 3. The van der Waals surface area contributed by atoms with Gasteiger partial charge in [-0.3, -0.25) is 19.3 Å². The standard InChI is InChI=1S/C40H42N2O9.C2H6/c1-3-33(45)42(25(2)43)24-14-8-6-4-5-7-9-19-32(44)41-27-22-20-26(21-23-27)34(35-37(46)28-15-10-12-17-30(28)50-39(35)48)36-38(47)29-16-11-13-18-31(29)51-40(36)49;1-2/h10-13,15-18,20-23,34,46-47H,3-9,14,19,24H2,1-2H3,(H,41,44);1-2H3. The highest BCUT2D eigenvalue weighted by atomic mass is 16.4. The molecule has 0 aliphatic carbocycles. The van der Waals surface area contributed by atoms with Gasteiger partial charge in [-0.15, -0.1) is 0 Å². The molecule has 0 fully saturated rings. The smallest absolute Gasteiger partial charge is 0.344 e. The van der Waals surface area contributed by atoms with E-state index in [0.717, 1.165) is 38.5 Å². The summed E-state index contributed by atoms with van der Waals surface area (Å²) >= 11 is 0. The van der Waals surface area contributed by atoms with Gasteiger partial charge < -0.3 is 24.4 Å². The van der Waals surface area contributed by atoms with Crippen LogP contribution in [0.5, 0.6) is 11.5 Å². The predicted octanol–water partition coefficient (Wildman–Crippen LogP) is 8.36. The Kier molecular flexibility index (Phi) is 14.5. The van der Waals surface area contributed by atoms with Crippen molar-refractivity contribution in [1.29, 1.82) is 0 Å². The van der Waals surface area contributed by atoms with E-state index >= 15 is 0 Å².